The molecule has 0 aliphatic carbocycles. The Morgan fingerprint density at radius 2 is 1.84 bits per heavy atom. The number of barbiturate groups is 1. The number of nitrogens with two attached hydrogens (primary N) is 1. The highest BCUT2D eigenvalue weighted by Gasteiger charge is 2.37. The van der Waals surface area contributed by atoms with E-state index < -0.39 is 23.8 Å². The van der Waals surface area contributed by atoms with Crippen LogP contribution in [0.4, 0.5) is 10.5 Å². The Morgan fingerprint density at radius 1 is 1.19 bits per heavy atom. The van der Waals surface area contributed by atoms with E-state index in [9.17, 15) is 19.2 Å². The number of halogens is 3. The molecular formula is C20H14Br2ClN3O5. The summed E-state index contributed by atoms with van der Waals surface area (Å²) in [5.41, 5.74) is 6.30. The van der Waals surface area contributed by atoms with Crippen LogP contribution in [0.3, 0.4) is 0 Å². The van der Waals surface area contributed by atoms with Crippen LogP contribution in [0.15, 0.2) is 44.9 Å². The number of hydrogen-bond acceptors (Lipinski definition) is 5. The molecule has 2 aromatic rings. The Kier molecular flexibility index (Phi) is 6.83. The van der Waals surface area contributed by atoms with Gasteiger partial charge in [-0.15, -0.1) is 0 Å². The average molecular weight is 572 g/mol. The number of nitrogens with zero attached hydrogens (tertiary/aromatic N) is 1. The highest BCUT2D eigenvalue weighted by Crippen LogP contribution is 2.36. The van der Waals surface area contributed by atoms with Crippen molar-refractivity contribution in [2.75, 3.05) is 11.5 Å². The largest absolute Gasteiger partial charge is 0.481 e. The summed E-state index contributed by atoms with van der Waals surface area (Å²) in [6.07, 6.45) is 1.33. The van der Waals surface area contributed by atoms with Gasteiger partial charge in [-0.2, -0.15) is 0 Å². The second-order valence-electron chi connectivity index (χ2n) is 6.46. The Hall–Kier alpha value is -2.69. The first kappa shape index (κ1) is 23.0. The van der Waals surface area contributed by atoms with Crippen LogP contribution in [-0.4, -0.2) is 30.4 Å². The van der Waals surface area contributed by atoms with E-state index in [1.165, 1.54) is 12.1 Å². The predicted molar refractivity (Wildman–Crippen MR) is 122 cm³/mol. The molecule has 31 heavy (non-hydrogen) atoms. The van der Waals surface area contributed by atoms with Crippen molar-refractivity contribution < 1.29 is 23.9 Å². The van der Waals surface area contributed by atoms with Gasteiger partial charge >= 0.3 is 6.03 Å². The van der Waals surface area contributed by atoms with E-state index in [0.717, 1.165) is 10.5 Å². The predicted octanol–water partition coefficient (Wildman–Crippen LogP) is 3.70. The molecule has 3 N–H and O–H groups in total. The van der Waals surface area contributed by atoms with Crippen molar-refractivity contribution in [2.45, 2.75) is 6.92 Å². The molecule has 5 amide bonds. The van der Waals surface area contributed by atoms with Gasteiger partial charge in [0.15, 0.2) is 6.61 Å². The molecule has 1 heterocycles. The number of imide groups is 2. The summed E-state index contributed by atoms with van der Waals surface area (Å²) in [6, 6.07) is 6.99. The van der Waals surface area contributed by atoms with Crippen molar-refractivity contribution in [1.82, 2.24) is 5.32 Å². The summed E-state index contributed by atoms with van der Waals surface area (Å²) in [6.45, 7) is 1.46. The molecule has 8 nitrogen and oxygen atoms in total. The number of urea groups is 1. The molecule has 1 aliphatic rings. The van der Waals surface area contributed by atoms with E-state index >= 15 is 0 Å². The molecule has 0 unspecified atom stereocenters. The fourth-order valence-corrected chi connectivity index (χ4v) is 4.35. The van der Waals surface area contributed by atoms with E-state index in [1.807, 2.05) is 0 Å². The maximum atomic E-state index is 13.0. The Bertz CT molecular complexity index is 1140. The third-order valence-corrected chi connectivity index (χ3v) is 5.79. The van der Waals surface area contributed by atoms with Crippen LogP contribution in [-0.2, 0) is 14.4 Å². The summed E-state index contributed by atoms with van der Waals surface area (Å²) in [5.74, 6) is -1.94. The van der Waals surface area contributed by atoms with Crippen molar-refractivity contribution in [2.24, 2.45) is 5.73 Å². The summed E-state index contributed by atoms with van der Waals surface area (Å²) >= 11 is 12.7. The molecule has 1 saturated heterocycles. The zero-order chi connectivity index (χ0) is 22.9. The van der Waals surface area contributed by atoms with Crippen LogP contribution in [0.25, 0.3) is 6.08 Å². The standard InChI is InChI=1S/C20H14Br2ClN3O5/c1-9-2-3-11(7-15(9)23)26-19(29)12(18(28)25-20(26)30)4-10-5-13(21)17(14(22)6-10)31-8-16(24)27/h2-7H,8H2,1H3,(H2,24,27)(H,25,28,30)/b12-4+. The lowest BCUT2D eigenvalue weighted by Crippen LogP contribution is -2.54. The number of amides is 5. The van der Waals surface area contributed by atoms with E-state index in [4.69, 9.17) is 22.1 Å². The van der Waals surface area contributed by atoms with Gasteiger partial charge in [-0.05, 0) is 80.3 Å². The fraction of sp³-hybridized carbons (Fsp3) is 0.100. The topological polar surface area (TPSA) is 119 Å². The van der Waals surface area contributed by atoms with Crippen LogP contribution < -0.4 is 20.7 Å². The lowest BCUT2D eigenvalue weighted by molar-refractivity contribution is -0.123. The van der Waals surface area contributed by atoms with Crippen LogP contribution in [0, 0.1) is 6.92 Å². The van der Waals surface area contributed by atoms with Crippen molar-refractivity contribution in [1.29, 1.82) is 0 Å². The Morgan fingerprint density at radius 3 is 2.42 bits per heavy atom. The van der Waals surface area contributed by atoms with E-state index in [1.54, 1.807) is 31.2 Å². The quantitative estimate of drug-likeness (QED) is 0.419. The van der Waals surface area contributed by atoms with Crippen LogP contribution in [0.2, 0.25) is 5.02 Å². The number of ether oxygens (including phenoxy) is 1. The van der Waals surface area contributed by atoms with Gasteiger partial charge in [0, 0.05) is 5.02 Å². The molecule has 1 fully saturated rings. The minimum Gasteiger partial charge on any atom is -0.481 e. The SMILES string of the molecule is Cc1ccc(N2C(=O)NC(=O)/C(=C\c3cc(Br)c(OCC(N)=O)c(Br)c3)C2=O)cc1Cl. The summed E-state index contributed by atoms with van der Waals surface area (Å²) < 4.78 is 6.24. The molecule has 0 saturated carbocycles. The number of aryl methyl sites for hydroxylation is 1. The molecule has 0 bridgehead atoms. The molecule has 2 aromatic carbocycles. The van der Waals surface area contributed by atoms with Gasteiger partial charge in [0.1, 0.15) is 11.3 Å². The minimum absolute atomic E-state index is 0.231. The number of primary amides is 1. The van der Waals surface area contributed by atoms with Gasteiger partial charge in [0.05, 0.1) is 14.6 Å². The number of nitrogens with one attached hydrogen (secondary N) is 1. The van der Waals surface area contributed by atoms with Crippen LogP contribution >= 0.6 is 43.5 Å². The second kappa shape index (κ2) is 9.21. The Balaban J connectivity index is 1.98. The van der Waals surface area contributed by atoms with Gasteiger partial charge in [-0.3, -0.25) is 19.7 Å². The third kappa shape index (κ3) is 4.97. The molecule has 160 valence electrons. The maximum Gasteiger partial charge on any atom is 0.335 e. The molecule has 0 aromatic heterocycles. The number of rotatable bonds is 5. The van der Waals surface area contributed by atoms with Crippen molar-refractivity contribution >= 4 is 79.0 Å². The summed E-state index contributed by atoms with van der Waals surface area (Å²) in [4.78, 5) is 49.5. The smallest absolute Gasteiger partial charge is 0.335 e. The molecule has 0 radical (unpaired) electrons. The lowest BCUT2D eigenvalue weighted by Gasteiger charge is -2.26. The van der Waals surface area contributed by atoms with Gasteiger partial charge in [-0.1, -0.05) is 17.7 Å². The lowest BCUT2D eigenvalue weighted by atomic mass is 10.1. The first-order chi connectivity index (χ1) is 14.6. The van der Waals surface area contributed by atoms with E-state index in [0.29, 0.717) is 25.3 Å². The van der Waals surface area contributed by atoms with Gasteiger partial charge in [0.25, 0.3) is 17.7 Å². The molecular weight excluding hydrogens is 557 g/mol. The monoisotopic (exact) mass is 569 g/mol. The molecule has 1 aliphatic heterocycles. The Labute approximate surface area is 198 Å². The average Bonchev–Trinajstić information content (AvgIpc) is 2.67. The fourth-order valence-electron chi connectivity index (χ4n) is 2.72. The van der Waals surface area contributed by atoms with E-state index in [2.05, 4.69) is 37.2 Å². The minimum atomic E-state index is -0.871. The van der Waals surface area contributed by atoms with Gasteiger partial charge < -0.3 is 10.5 Å². The number of carbonyl (C=O) groups excluding carboxylic acids is 4. The summed E-state index contributed by atoms with van der Waals surface area (Å²) in [7, 11) is 0. The van der Waals surface area contributed by atoms with Gasteiger partial charge in [-0.25, -0.2) is 9.69 Å². The van der Waals surface area contributed by atoms with Crippen molar-refractivity contribution in [3.8, 4) is 5.75 Å². The zero-order valence-electron chi connectivity index (χ0n) is 15.9. The first-order valence-corrected chi connectivity index (χ1v) is 10.6. The summed E-state index contributed by atoms with van der Waals surface area (Å²) in [5, 5.41) is 2.53. The number of hydrogen-bond donors (Lipinski definition) is 2. The number of benzene rings is 2. The zero-order valence-corrected chi connectivity index (χ0v) is 19.8. The highest BCUT2D eigenvalue weighted by molar-refractivity contribution is 9.11. The maximum absolute atomic E-state index is 13.0. The molecule has 11 heteroatoms. The number of carbonyl (C=O) groups is 4. The molecule has 0 spiro atoms. The van der Waals surface area contributed by atoms with E-state index in [-0.39, 0.29) is 17.9 Å². The van der Waals surface area contributed by atoms with Crippen LogP contribution in [0.1, 0.15) is 11.1 Å². The first-order valence-electron chi connectivity index (χ1n) is 8.66. The second-order valence-corrected chi connectivity index (χ2v) is 8.58. The normalized spacial score (nSPS) is 15.3. The van der Waals surface area contributed by atoms with Crippen molar-refractivity contribution in [3.63, 3.8) is 0 Å². The number of anilines is 1. The molecule has 0 atom stereocenters. The highest BCUT2D eigenvalue weighted by atomic mass is 79.9. The third-order valence-electron chi connectivity index (χ3n) is 4.21. The van der Waals surface area contributed by atoms with Crippen LogP contribution in [0.5, 0.6) is 5.75 Å². The molecule has 3 rings (SSSR count). The van der Waals surface area contributed by atoms with Gasteiger partial charge in [0.2, 0.25) is 0 Å². The van der Waals surface area contributed by atoms with Crippen molar-refractivity contribution in [3.05, 3.63) is 61.0 Å².